The summed E-state index contributed by atoms with van der Waals surface area (Å²) >= 11 is 0. The number of allylic oxidation sites excluding steroid dienone is 1. The first-order chi connectivity index (χ1) is 12.2. The molecule has 1 aliphatic heterocycles. The van der Waals surface area contributed by atoms with Gasteiger partial charge in [0.05, 0.1) is 25.5 Å². The number of carbonyl (C=O) groups is 1. The fraction of sp³-hybridized carbons (Fsp3) is 0.389. The molecule has 1 heterocycles. The van der Waals surface area contributed by atoms with E-state index in [0.29, 0.717) is 30.1 Å². The second kappa shape index (κ2) is 8.27. The predicted molar refractivity (Wildman–Crippen MR) is 99.5 cm³/mol. The number of methoxy groups -OCH3 is 1. The molecule has 26 heavy (non-hydrogen) atoms. The Balaban J connectivity index is 2.48. The number of hydrogen-bond donors (Lipinski definition) is 1. The van der Waals surface area contributed by atoms with E-state index in [1.807, 2.05) is 6.92 Å². The number of rotatable bonds is 8. The second-order valence-electron chi connectivity index (χ2n) is 6.01. The Morgan fingerprint density at radius 3 is 2.65 bits per heavy atom. The SMILES string of the molecule is CCOc1cc(C(CS(C)(=O)=O)N2C=CCC(C(N)=O)=C2)ccc1OC. The van der Waals surface area contributed by atoms with E-state index in [4.69, 9.17) is 15.2 Å². The van der Waals surface area contributed by atoms with Crippen molar-refractivity contribution in [2.75, 3.05) is 25.7 Å². The molecule has 1 aromatic carbocycles. The van der Waals surface area contributed by atoms with Crippen molar-refractivity contribution in [3.63, 3.8) is 0 Å². The maximum Gasteiger partial charge on any atom is 0.246 e. The summed E-state index contributed by atoms with van der Waals surface area (Å²) in [6, 6.07) is 4.76. The number of amides is 1. The number of sulfone groups is 1. The molecule has 0 bridgehead atoms. The van der Waals surface area contributed by atoms with Crippen LogP contribution in [-0.4, -0.2) is 45.0 Å². The van der Waals surface area contributed by atoms with E-state index in [1.54, 1.807) is 48.7 Å². The Kier molecular flexibility index (Phi) is 6.31. The number of benzene rings is 1. The average molecular weight is 380 g/mol. The van der Waals surface area contributed by atoms with E-state index >= 15 is 0 Å². The van der Waals surface area contributed by atoms with Crippen LogP contribution in [-0.2, 0) is 14.6 Å². The van der Waals surface area contributed by atoms with E-state index in [9.17, 15) is 13.2 Å². The molecule has 0 aliphatic carbocycles. The molecule has 2 rings (SSSR count). The standard InChI is InChI=1S/C18H24N2O5S/c1-4-25-17-10-13(7-8-16(17)24-2)15(12-26(3,22)23)20-9-5-6-14(11-20)18(19)21/h5,7-11,15H,4,6,12H2,1-3H3,(H2,19,21). The highest BCUT2D eigenvalue weighted by molar-refractivity contribution is 7.90. The molecule has 1 unspecified atom stereocenters. The van der Waals surface area contributed by atoms with Crippen molar-refractivity contribution >= 4 is 15.7 Å². The molecule has 1 atom stereocenters. The Morgan fingerprint density at radius 1 is 1.35 bits per heavy atom. The Hall–Kier alpha value is -2.48. The maximum atomic E-state index is 12.0. The summed E-state index contributed by atoms with van der Waals surface area (Å²) in [5.41, 5.74) is 6.52. The first-order valence-electron chi connectivity index (χ1n) is 8.18. The van der Waals surface area contributed by atoms with Crippen molar-refractivity contribution in [1.82, 2.24) is 4.90 Å². The third-order valence-electron chi connectivity index (χ3n) is 3.93. The number of nitrogens with zero attached hydrogens (tertiary/aromatic N) is 1. The topological polar surface area (TPSA) is 98.9 Å². The van der Waals surface area contributed by atoms with Gasteiger partial charge in [-0.1, -0.05) is 12.1 Å². The Morgan fingerprint density at radius 2 is 2.08 bits per heavy atom. The third kappa shape index (κ3) is 5.01. The van der Waals surface area contributed by atoms with Crippen LogP contribution in [0.25, 0.3) is 0 Å². The van der Waals surface area contributed by atoms with Gasteiger partial charge in [0, 0.05) is 24.2 Å². The lowest BCUT2D eigenvalue weighted by Crippen LogP contribution is -2.29. The average Bonchev–Trinajstić information content (AvgIpc) is 2.59. The summed E-state index contributed by atoms with van der Waals surface area (Å²) in [5, 5.41) is 0. The summed E-state index contributed by atoms with van der Waals surface area (Å²) < 4.78 is 34.9. The van der Waals surface area contributed by atoms with Gasteiger partial charge in [-0.05, 0) is 31.0 Å². The lowest BCUT2D eigenvalue weighted by molar-refractivity contribution is -0.114. The summed E-state index contributed by atoms with van der Waals surface area (Å²) in [6.45, 7) is 2.31. The molecule has 0 radical (unpaired) electrons. The van der Waals surface area contributed by atoms with Crippen LogP contribution >= 0.6 is 0 Å². The van der Waals surface area contributed by atoms with Gasteiger partial charge in [0.25, 0.3) is 0 Å². The zero-order chi connectivity index (χ0) is 19.3. The van der Waals surface area contributed by atoms with Crippen molar-refractivity contribution in [1.29, 1.82) is 0 Å². The van der Waals surface area contributed by atoms with Crippen LogP contribution in [0.4, 0.5) is 0 Å². The van der Waals surface area contributed by atoms with E-state index in [0.717, 1.165) is 5.56 Å². The van der Waals surface area contributed by atoms with Gasteiger partial charge in [-0.25, -0.2) is 8.42 Å². The van der Waals surface area contributed by atoms with Crippen molar-refractivity contribution in [3.05, 3.63) is 47.8 Å². The van der Waals surface area contributed by atoms with Gasteiger partial charge < -0.3 is 20.1 Å². The highest BCUT2D eigenvalue weighted by Gasteiger charge is 2.25. The van der Waals surface area contributed by atoms with E-state index in [1.165, 1.54) is 6.26 Å². The molecule has 7 nitrogen and oxygen atoms in total. The monoisotopic (exact) mass is 380 g/mol. The molecule has 1 aliphatic rings. The minimum Gasteiger partial charge on any atom is -0.493 e. The molecule has 1 aromatic rings. The number of nitrogens with two attached hydrogens (primary N) is 1. The number of carbonyl (C=O) groups excluding carboxylic acids is 1. The zero-order valence-electron chi connectivity index (χ0n) is 15.1. The molecule has 0 saturated carbocycles. The number of hydrogen-bond acceptors (Lipinski definition) is 6. The largest absolute Gasteiger partial charge is 0.493 e. The van der Waals surface area contributed by atoms with Crippen LogP contribution in [0.15, 0.2) is 42.2 Å². The van der Waals surface area contributed by atoms with Gasteiger partial charge in [0.2, 0.25) is 5.91 Å². The van der Waals surface area contributed by atoms with Gasteiger partial charge in [0.1, 0.15) is 9.84 Å². The zero-order valence-corrected chi connectivity index (χ0v) is 16.0. The minimum atomic E-state index is -3.29. The molecule has 8 heteroatoms. The number of primary amides is 1. The first kappa shape index (κ1) is 19.8. The molecule has 1 amide bonds. The summed E-state index contributed by atoms with van der Waals surface area (Å²) in [7, 11) is -1.75. The lowest BCUT2D eigenvalue weighted by Gasteiger charge is -2.30. The van der Waals surface area contributed by atoms with Crippen LogP contribution in [0.1, 0.15) is 24.9 Å². The summed E-state index contributed by atoms with van der Waals surface area (Å²) in [5.74, 6) is 0.446. The normalized spacial score (nSPS) is 15.3. The van der Waals surface area contributed by atoms with Crippen LogP contribution < -0.4 is 15.2 Å². The highest BCUT2D eigenvalue weighted by atomic mass is 32.2. The Bertz CT molecular complexity index is 830. The van der Waals surface area contributed by atoms with Crippen molar-refractivity contribution in [2.45, 2.75) is 19.4 Å². The highest BCUT2D eigenvalue weighted by Crippen LogP contribution is 2.34. The fourth-order valence-corrected chi connectivity index (χ4v) is 3.68. The summed E-state index contributed by atoms with van der Waals surface area (Å²) in [6.07, 6.45) is 6.74. The first-order valence-corrected chi connectivity index (χ1v) is 10.2. The van der Waals surface area contributed by atoms with Gasteiger partial charge in [0.15, 0.2) is 11.5 Å². The fourth-order valence-electron chi connectivity index (χ4n) is 2.75. The van der Waals surface area contributed by atoms with Gasteiger partial charge >= 0.3 is 0 Å². The van der Waals surface area contributed by atoms with Crippen LogP contribution in [0, 0.1) is 0 Å². The third-order valence-corrected chi connectivity index (χ3v) is 4.85. The molecule has 0 aromatic heterocycles. The van der Waals surface area contributed by atoms with Crippen LogP contribution in [0.3, 0.4) is 0 Å². The van der Waals surface area contributed by atoms with Gasteiger partial charge in [-0.15, -0.1) is 0 Å². The van der Waals surface area contributed by atoms with Gasteiger partial charge in [-0.3, -0.25) is 4.79 Å². The summed E-state index contributed by atoms with van der Waals surface area (Å²) in [4.78, 5) is 13.2. The molecule has 2 N–H and O–H groups in total. The number of ether oxygens (including phenoxy) is 2. The van der Waals surface area contributed by atoms with Gasteiger partial charge in [-0.2, -0.15) is 0 Å². The van der Waals surface area contributed by atoms with Crippen molar-refractivity contribution in [2.24, 2.45) is 5.73 Å². The molecule has 0 saturated heterocycles. The molecule has 0 spiro atoms. The van der Waals surface area contributed by atoms with E-state index in [2.05, 4.69) is 0 Å². The molecular formula is C18H24N2O5S. The smallest absolute Gasteiger partial charge is 0.246 e. The molecular weight excluding hydrogens is 356 g/mol. The van der Waals surface area contributed by atoms with Crippen molar-refractivity contribution in [3.8, 4) is 11.5 Å². The second-order valence-corrected chi connectivity index (χ2v) is 8.19. The maximum absolute atomic E-state index is 12.0. The van der Waals surface area contributed by atoms with Crippen molar-refractivity contribution < 1.29 is 22.7 Å². The lowest BCUT2D eigenvalue weighted by atomic mass is 10.0. The Labute approximate surface area is 154 Å². The van der Waals surface area contributed by atoms with E-state index < -0.39 is 21.8 Å². The quantitative estimate of drug-likeness (QED) is 0.738. The van der Waals surface area contributed by atoms with Crippen LogP contribution in [0.5, 0.6) is 11.5 Å². The molecule has 142 valence electrons. The van der Waals surface area contributed by atoms with E-state index in [-0.39, 0.29) is 5.75 Å². The molecule has 0 fully saturated rings. The van der Waals surface area contributed by atoms with Crippen LogP contribution in [0.2, 0.25) is 0 Å². The minimum absolute atomic E-state index is 0.127. The predicted octanol–water partition coefficient (Wildman–Crippen LogP) is 1.77.